The average molecular weight is 528 g/mol. The molecule has 1 aliphatic carbocycles. The molecule has 0 bridgehead atoms. The number of hydrogen-bond donors (Lipinski definition) is 3. The molecule has 1 aromatic heterocycles. The number of aryl methyl sites for hydroxylation is 1. The lowest BCUT2D eigenvalue weighted by Gasteiger charge is -2.11. The number of aromatic nitrogens is 2. The van der Waals surface area contributed by atoms with E-state index in [1.165, 1.54) is 0 Å². The molecule has 1 saturated carbocycles. The molecule has 38 heavy (non-hydrogen) atoms. The Balaban J connectivity index is 1.08. The van der Waals surface area contributed by atoms with Crippen LogP contribution in [0.3, 0.4) is 0 Å². The van der Waals surface area contributed by atoms with Crippen LogP contribution in [0.5, 0.6) is 0 Å². The third kappa shape index (κ3) is 4.99. The lowest BCUT2D eigenvalue weighted by molar-refractivity contribution is -0.117. The zero-order valence-electron chi connectivity index (χ0n) is 21.0. The fourth-order valence-corrected chi connectivity index (χ4v) is 6.17. The maximum Gasteiger partial charge on any atom is 0.264 e. The molecule has 2 heterocycles. The Morgan fingerprint density at radius 2 is 1.79 bits per heavy atom. The van der Waals surface area contributed by atoms with Crippen LogP contribution in [-0.4, -0.2) is 30.8 Å². The molecule has 9 heteroatoms. The van der Waals surface area contributed by atoms with E-state index < -0.39 is 10.0 Å². The summed E-state index contributed by atoms with van der Waals surface area (Å²) in [5, 5.41) is 8.68. The number of nitrogens with zero attached hydrogens (tertiary/aromatic N) is 2. The van der Waals surface area contributed by atoms with E-state index >= 15 is 0 Å². The highest BCUT2D eigenvalue weighted by Crippen LogP contribution is 2.48. The number of anilines is 2. The van der Waals surface area contributed by atoms with E-state index in [2.05, 4.69) is 44.4 Å². The van der Waals surface area contributed by atoms with Gasteiger partial charge in [-0.25, -0.2) is 23.1 Å². The number of carbonyl (C=O) groups is 1. The first-order valence-corrected chi connectivity index (χ1v) is 14.3. The lowest BCUT2D eigenvalue weighted by atomic mass is 10.0. The average Bonchev–Trinajstić information content (AvgIpc) is 3.54. The van der Waals surface area contributed by atoms with Gasteiger partial charge in [0.05, 0.1) is 4.90 Å². The van der Waals surface area contributed by atoms with Crippen LogP contribution in [0.2, 0.25) is 0 Å². The van der Waals surface area contributed by atoms with Crippen molar-refractivity contribution in [1.82, 2.24) is 15.3 Å². The standard InChI is InChI=1S/C29H29N5O3S/c1-18-4-2-5-19-7-10-22(14-24(18)19)33-28(35)26-15-25(26)20-8-11-23(12-9-20)38(36,37)34-29-31-16-21(17-32-29)27-6-3-13-30-27/h2,4-5,7-12,14,16-17,25-27,30H,3,6,13,15H2,1H3,(H,33,35)(H,31,32,34)/t25-,26+,27?/m0/s1. The van der Waals surface area contributed by atoms with Gasteiger partial charge >= 0.3 is 0 Å². The molecule has 3 aromatic carbocycles. The van der Waals surface area contributed by atoms with Crippen molar-refractivity contribution in [3.8, 4) is 0 Å². The molecule has 0 spiro atoms. The van der Waals surface area contributed by atoms with Gasteiger partial charge in [0.25, 0.3) is 10.0 Å². The third-order valence-corrected chi connectivity index (χ3v) is 8.82. The topological polar surface area (TPSA) is 113 Å². The molecule has 1 unspecified atom stereocenters. The van der Waals surface area contributed by atoms with Crippen molar-refractivity contribution in [3.05, 3.63) is 89.7 Å². The summed E-state index contributed by atoms with van der Waals surface area (Å²) in [6.45, 7) is 3.02. The van der Waals surface area contributed by atoms with Crippen LogP contribution < -0.4 is 15.4 Å². The molecular formula is C29H29N5O3S. The fraction of sp³-hybridized carbons (Fsp3) is 0.276. The van der Waals surface area contributed by atoms with E-state index in [9.17, 15) is 13.2 Å². The summed E-state index contributed by atoms with van der Waals surface area (Å²) in [6.07, 6.45) is 6.18. The van der Waals surface area contributed by atoms with Gasteiger partial charge in [-0.1, -0.05) is 36.4 Å². The molecule has 6 rings (SSSR count). The molecule has 4 aromatic rings. The number of fused-ring (bicyclic) bond motifs is 1. The molecule has 2 fully saturated rings. The van der Waals surface area contributed by atoms with Gasteiger partial charge in [-0.2, -0.15) is 0 Å². The number of sulfonamides is 1. The van der Waals surface area contributed by atoms with E-state index in [1.54, 1.807) is 36.7 Å². The summed E-state index contributed by atoms with van der Waals surface area (Å²) in [7, 11) is -3.83. The first kappa shape index (κ1) is 24.5. The van der Waals surface area contributed by atoms with Gasteiger partial charge < -0.3 is 10.6 Å². The monoisotopic (exact) mass is 527 g/mol. The zero-order chi connectivity index (χ0) is 26.3. The SMILES string of the molecule is Cc1cccc2ccc(NC(=O)[C@@H]3C[C@H]3c3ccc(S(=O)(=O)Nc4ncc(C5CCCN5)cn4)cc3)cc12. The normalized spacial score (nSPS) is 20.8. The van der Waals surface area contributed by atoms with E-state index in [-0.39, 0.29) is 34.6 Å². The lowest BCUT2D eigenvalue weighted by Crippen LogP contribution is -2.17. The number of amides is 1. The van der Waals surface area contributed by atoms with E-state index in [0.717, 1.165) is 59.0 Å². The zero-order valence-corrected chi connectivity index (χ0v) is 21.8. The van der Waals surface area contributed by atoms with Crippen LogP contribution in [0.4, 0.5) is 11.6 Å². The van der Waals surface area contributed by atoms with Crippen molar-refractivity contribution >= 4 is 38.3 Å². The predicted molar refractivity (Wildman–Crippen MR) is 147 cm³/mol. The van der Waals surface area contributed by atoms with Crippen LogP contribution in [0.15, 0.2) is 78.0 Å². The number of nitrogens with one attached hydrogen (secondary N) is 3. The van der Waals surface area contributed by atoms with Crippen LogP contribution in [0, 0.1) is 12.8 Å². The minimum Gasteiger partial charge on any atom is -0.326 e. The van der Waals surface area contributed by atoms with Gasteiger partial charge in [-0.05, 0) is 84.8 Å². The molecule has 0 radical (unpaired) electrons. The maximum atomic E-state index is 12.9. The molecule has 1 amide bonds. The Morgan fingerprint density at radius 1 is 1.00 bits per heavy atom. The molecule has 8 nitrogen and oxygen atoms in total. The van der Waals surface area contributed by atoms with Crippen molar-refractivity contribution in [2.75, 3.05) is 16.6 Å². The Kier molecular flexibility index (Phi) is 6.33. The predicted octanol–water partition coefficient (Wildman–Crippen LogP) is 4.91. The molecule has 2 aliphatic rings. The molecule has 3 atom stereocenters. The van der Waals surface area contributed by atoms with Gasteiger partial charge in [0.2, 0.25) is 11.9 Å². The Hall–Kier alpha value is -3.82. The minimum atomic E-state index is -3.83. The number of carbonyl (C=O) groups excluding carboxylic acids is 1. The molecule has 3 N–H and O–H groups in total. The van der Waals surface area contributed by atoms with Gasteiger partial charge in [0, 0.05) is 35.6 Å². The maximum absolute atomic E-state index is 12.9. The number of hydrogen-bond acceptors (Lipinski definition) is 6. The molecule has 1 aliphatic heterocycles. The van der Waals surface area contributed by atoms with E-state index in [4.69, 9.17) is 0 Å². The summed E-state index contributed by atoms with van der Waals surface area (Å²) in [6, 6.07) is 19.0. The summed E-state index contributed by atoms with van der Waals surface area (Å²) < 4.78 is 28.2. The van der Waals surface area contributed by atoms with Crippen molar-refractivity contribution < 1.29 is 13.2 Å². The fourth-order valence-electron chi connectivity index (χ4n) is 5.21. The Bertz CT molecular complexity index is 1600. The first-order valence-electron chi connectivity index (χ1n) is 12.9. The minimum absolute atomic E-state index is 0.0188. The summed E-state index contributed by atoms with van der Waals surface area (Å²) in [4.78, 5) is 21.4. The Morgan fingerprint density at radius 3 is 2.53 bits per heavy atom. The second kappa shape index (κ2) is 9.81. The van der Waals surface area contributed by atoms with Crippen molar-refractivity contribution in [2.45, 2.75) is 43.0 Å². The largest absolute Gasteiger partial charge is 0.326 e. The van der Waals surface area contributed by atoms with Crippen LogP contribution in [0.25, 0.3) is 10.8 Å². The van der Waals surface area contributed by atoms with Crippen LogP contribution >= 0.6 is 0 Å². The quantitative estimate of drug-likeness (QED) is 0.315. The van der Waals surface area contributed by atoms with Crippen molar-refractivity contribution in [1.29, 1.82) is 0 Å². The van der Waals surface area contributed by atoms with E-state index in [0.29, 0.717) is 0 Å². The molecular weight excluding hydrogens is 498 g/mol. The first-order chi connectivity index (χ1) is 18.4. The summed E-state index contributed by atoms with van der Waals surface area (Å²) >= 11 is 0. The second-order valence-electron chi connectivity index (χ2n) is 10.1. The van der Waals surface area contributed by atoms with Gasteiger partial charge in [0.1, 0.15) is 0 Å². The summed E-state index contributed by atoms with van der Waals surface area (Å²) in [5.41, 5.74) is 3.85. The van der Waals surface area contributed by atoms with Crippen molar-refractivity contribution in [3.63, 3.8) is 0 Å². The van der Waals surface area contributed by atoms with Gasteiger partial charge in [0.15, 0.2) is 0 Å². The van der Waals surface area contributed by atoms with Crippen molar-refractivity contribution in [2.24, 2.45) is 5.92 Å². The number of benzene rings is 3. The molecule has 194 valence electrons. The smallest absolute Gasteiger partial charge is 0.264 e. The second-order valence-corrected chi connectivity index (χ2v) is 11.8. The van der Waals surface area contributed by atoms with Crippen LogP contribution in [0.1, 0.15) is 47.9 Å². The number of rotatable bonds is 7. The highest BCUT2D eigenvalue weighted by atomic mass is 32.2. The van der Waals surface area contributed by atoms with Gasteiger partial charge in [-0.3, -0.25) is 4.79 Å². The van der Waals surface area contributed by atoms with Crippen LogP contribution in [-0.2, 0) is 14.8 Å². The van der Waals surface area contributed by atoms with E-state index in [1.807, 2.05) is 24.3 Å². The summed E-state index contributed by atoms with van der Waals surface area (Å²) in [5.74, 6) is -0.0419. The highest BCUT2D eigenvalue weighted by molar-refractivity contribution is 7.92. The third-order valence-electron chi connectivity index (χ3n) is 7.47. The Labute approximate surface area is 222 Å². The molecule has 1 saturated heterocycles. The highest BCUT2D eigenvalue weighted by Gasteiger charge is 2.44. The van der Waals surface area contributed by atoms with Gasteiger partial charge in [-0.15, -0.1) is 0 Å².